The van der Waals surface area contributed by atoms with Crippen LogP contribution in [0.1, 0.15) is 22.4 Å². The van der Waals surface area contributed by atoms with Crippen LogP contribution in [0.4, 0.5) is 0 Å². The molecule has 1 N–H and O–H groups in total. The van der Waals surface area contributed by atoms with Crippen molar-refractivity contribution in [1.29, 1.82) is 0 Å². The van der Waals surface area contributed by atoms with E-state index >= 15 is 0 Å². The van der Waals surface area contributed by atoms with Crippen LogP contribution < -0.4 is 0 Å². The van der Waals surface area contributed by atoms with Crippen molar-refractivity contribution in [3.8, 4) is 0 Å². The molecule has 3 nitrogen and oxygen atoms in total. The minimum atomic E-state index is -0.633. The third-order valence-corrected chi connectivity index (χ3v) is 3.77. The summed E-state index contributed by atoms with van der Waals surface area (Å²) in [4.78, 5) is 9.34. The molecule has 1 unspecified atom stereocenters. The van der Waals surface area contributed by atoms with Crippen molar-refractivity contribution in [2.75, 3.05) is 0 Å². The van der Waals surface area contributed by atoms with Gasteiger partial charge in [-0.3, -0.25) is 0 Å². The predicted molar refractivity (Wildman–Crippen MR) is 67.5 cm³/mol. The molecule has 0 bridgehead atoms. The molecule has 2 heterocycles. The summed E-state index contributed by atoms with van der Waals surface area (Å²) in [6.07, 6.45) is 3.36. The lowest BCUT2D eigenvalue weighted by molar-refractivity contribution is 0.169. The van der Waals surface area contributed by atoms with Crippen molar-refractivity contribution in [2.24, 2.45) is 0 Å². The molecule has 0 aliphatic carbocycles. The number of aromatic nitrogens is 2. The van der Waals surface area contributed by atoms with E-state index in [2.05, 4.69) is 25.9 Å². The number of nitrogens with zero attached hydrogens (tertiary/aromatic N) is 2. The Morgan fingerprint density at radius 3 is 2.62 bits per heavy atom. The molecule has 2 aromatic heterocycles. The molecule has 0 saturated heterocycles. The number of aryl methyl sites for hydroxylation is 1. The van der Waals surface area contributed by atoms with Crippen LogP contribution in [0.25, 0.3) is 0 Å². The second-order valence-corrected chi connectivity index (χ2v) is 6.09. The van der Waals surface area contributed by atoms with E-state index in [0.717, 1.165) is 14.2 Å². The van der Waals surface area contributed by atoms with Crippen molar-refractivity contribution < 1.29 is 5.11 Å². The summed E-state index contributed by atoms with van der Waals surface area (Å²) in [5, 5.41) is 9.94. The molecule has 1 atom stereocenters. The Morgan fingerprint density at radius 1 is 1.38 bits per heavy atom. The van der Waals surface area contributed by atoms with Crippen LogP contribution in [0.15, 0.2) is 28.3 Å². The van der Waals surface area contributed by atoms with Gasteiger partial charge in [0, 0.05) is 23.7 Å². The van der Waals surface area contributed by atoms with Crippen LogP contribution in [-0.2, 0) is 6.42 Å². The number of hydrogen-bond donors (Lipinski definition) is 1. The molecular weight excluding hydrogens is 288 g/mol. The Hall–Kier alpha value is -0.780. The lowest BCUT2D eigenvalue weighted by Crippen LogP contribution is -2.05. The molecule has 0 aliphatic rings. The van der Waals surface area contributed by atoms with Crippen molar-refractivity contribution in [1.82, 2.24) is 9.97 Å². The molecule has 0 amide bonds. The van der Waals surface area contributed by atoms with Gasteiger partial charge in [0.1, 0.15) is 6.10 Å². The van der Waals surface area contributed by atoms with E-state index in [4.69, 9.17) is 0 Å². The standard InChI is InChI=1S/C11H11BrN2OS/c1-7-5-13-11(14-6-7)9(15)4-8-2-3-10(12)16-8/h2-3,5-6,9,15H,4H2,1H3. The van der Waals surface area contributed by atoms with Crippen molar-refractivity contribution in [3.05, 3.63) is 44.6 Å². The fraction of sp³-hybridized carbons (Fsp3) is 0.273. The van der Waals surface area contributed by atoms with Crippen molar-refractivity contribution in [2.45, 2.75) is 19.4 Å². The summed E-state index contributed by atoms with van der Waals surface area (Å²) < 4.78 is 1.07. The van der Waals surface area contributed by atoms with Crippen LogP contribution in [-0.4, -0.2) is 15.1 Å². The highest BCUT2D eigenvalue weighted by Gasteiger charge is 2.12. The first kappa shape index (κ1) is 11.7. The number of aliphatic hydroxyl groups is 1. The van der Waals surface area contributed by atoms with Gasteiger partial charge in [-0.05, 0) is 40.5 Å². The van der Waals surface area contributed by atoms with E-state index in [1.54, 1.807) is 23.7 Å². The van der Waals surface area contributed by atoms with E-state index in [1.165, 1.54) is 0 Å². The van der Waals surface area contributed by atoms with Crippen LogP contribution in [0.3, 0.4) is 0 Å². The second-order valence-electron chi connectivity index (χ2n) is 3.54. The largest absolute Gasteiger partial charge is 0.385 e. The normalized spacial score (nSPS) is 12.7. The lowest BCUT2D eigenvalue weighted by atomic mass is 10.2. The summed E-state index contributed by atoms with van der Waals surface area (Å²) in [6.45, 7) is 1.92. The third-order valence-electron chi connectivity index (χ3n) is 2.12. The van der Waals surface area contributed by atoms with Gasteiger partial charge in [-0.25, -0.2) is 9.97 Å². The second kappa shape index (κ2) is 5.03. The summed E-state index contributed by atoms with van der Waals surface area (Å²) in [5.74, 6) is 0.482. The van der Waals surface area contributed by atoms with Crippen LogP contribution in [0, 0.1) is 6.92 Å². The van der Waals surface area contributed by atoms with Gasteiger partial charge < -0.3 is 5.11 Å². The van der Waals surface area contributed by atoms with Gasteiger partial charge in [-0.1, -0.05) is 0 Å². The molecule has 0 spiro atoms. The maximum atomic E-state index is 9.94. The van der Waals surface area contributed by atoms with Crippen LogP contribution in [0.2, 0.25) is 0 Å². The van der Waals surface area contributed by atoms with Gasteiger partial charge in [0.25, 0.3) is 0 Å². The molecule has 0 saturated carbocycles. The van der Waals surface area contributed by atoms with Gasteiger partial charge in [0.2, 0.25) is 0 Å². The topological polar surface area (TPSA) is 46.0 Å². The molecule has 0 fully saturated rings. The van der Waals surface area contributed by atoms with E-state index in [9.17, 15) is 5.11 Å². The SMILES string of the molecule is Cc1cnc(C(O)Cc2ccc(Br)s2)nc1. The first-order valence-electron chi connectivity index (χ1n) is 4.86. The minimum Gasteiger partial charge on any atom is -0.385 e. The first-order valence-corrected chi connectivity index (χ1v) is 6.47. The number of hydrogen-bond acceptors (Lipinski definition) is 4. The monoisotopic (exact) mass is 298 g/mol. The Bertz CT molecular complexity index is 469. The molecule has 2 rings (SSSR count). The fourth-order valence-electron chi connectivity index (χ4n) is 1.32. The molecule has 2 aromatic rings. The number of rotatable bonds is 3. The van der Waals surface area contributed by atoms with E-state index < -0.39 is 6.10 Å². The summed E-state index contributed by atoms with van der Waals surface area (Å²) in [7, 11) is 0. The highest BCUT2D eigenvalue weighted by molar-refractivity contribution is 9.11. The van der Waals surface area contributed by atoms with Crippen molar-refractivity contribution in [3.63, 3.8) is 0 Å². The van der Waals surface area contributed by atoms with Crippen LogP contribution >= 0.6 is 27.3 Å². The van der Waals surface area contributed by atoms with Gasteiger partial charge in [-0.2, -0.15) is 0 Å². The van der Waals surface area contributed by atoms with Crippen molar-refractivity contribution >= 4 is 27.3 Å². The molecule has 84 valence electrons. The number of halogens is 1. The molecule has 0 radical (unpaired) electrons. The van der Waals surface area contributed by atoms with E-state index in [-0.39, 0.29) is 0 Å². The maximum Gasteiger partial charge on any atom is 0.157 e. The number of aliphatic hydroxyl groups excluding tert-OH is 1. The molecule has 0 aromatic carbocycles. The highest BCUT2D eigenvalue weighted by Crippen LogP contribution is 2.25. The maximum absolute atomic E-state index is 9.94. The first-order chi connectivity index (χ1) is 7.65. The molecule has 0 aliphatic heterocycles. The lowest BCUT2D eigenvalue weighted by Gasteiger charge is -2.07. The Kier molecular flexibility index (Phi) is 3.68. The highest BCUT2D eigenvalue weighted by atomic mass is 79.9. The smallest absolute Gasteiger partial charge is 0.157 e. The summed E-state index contributed by atoms with van der Waals surface area (Å²) in [5.41, 5.74) is 0.995. The molecule has 16 heavy (non-hydrogen) atoms. The summed E-state index contributed by atoms with van der Waals surface area (Å²) in [6, 6.07) is 3.97. The Morgan fingerprint density at radius 2 is 2.06 bits per heavy atom. The zero-order valence-electron chi connectivity index (χ0n) is 8.72. The van der Waals surface area contributed by atoms with Gasteiger partial charge in [0.15, 0.2) is 5.82 Å². The minimum absolute atomic E-state index is 0.482. The predicted octanol–water partition coefficient (Wildman–Crippen LogP) is 2.89. The van der Waals surface area contributed by atoms with Gasteiger partial charge in [0.05, 0.1) is 3.79 Å². The molecule has 5 heteroatoms. The quantitative estimate of drug-likeness (QED) is 0.948. The van der Waals surface area contributed by atoms with Gasteiger partial charge in [-0.15, -0.1) is 11.3 Å². The molecular formula is C11H11BrN2OS. The third kappa shape index (κ3) is 2.87. The Labute approximate surface area is 106 Å². The number of thiophene rings is 1. The van der Waals surface area contributed by atoms with Crippen LogP contribution in [0.5, 0.6) is 0 Å². The average Bonchev–Trinajstić information content (AvgIpc) is 2.65. The fourth-order valence-corrected chi connectivity index (χ4v) is 2.84. The van der Waals surface area contributed by atoms with E-state index in [0.29, 0.717) is 12.2 Å². The van der Waals surface area contributed by atoms with Gasteiger partial charge >= 0.3 is 0 Å². The zero-order valence-corrected chi connectivity index (χ0v) is 11.1. The average molecular weight is 299 g/mol. The van der Waals surface area contributed by atoms with E-state index in [1.807, 2.05) is 19.1 Å². The zero-order chi connectivity index (χ0) is 11.5. The summed E-state index contributed by atoms with van der Waals surface area (Å²) >= 11 is 5.01. The Balaban J connectivity index is 2.08.